The number of hydrogen-bond acceptors (Lipinski definition) is 4. The van der Waals surface area contributed by atoms with Crippen molar-refractivity contribution in [1.29, 1.82) is 0 Å². The quantitative estimate of drug-likeness (QED) is 0.777. The van der Waals surface area contributed by atoms with Crippen LogP contribution < -0.4 is 0 Å². The van der Waals surface area contributed by atoms with Crippen molar-refractivity contribution >= 4 is 21.8 Å². The van der Waals surface area contributed by atoms with Crippen LogP contribution in [0.2, 0.25) is 5.02 Å². The van der Waals surface area contributed by atoms with Gasteiger partial charge < -0.3 is 4.90 Å². The molecule has 1 aromatic heterocycles. The van der Waals surface area contributed by atoms with Crippen LogP contribution in [0, 0.1) is 0 Å². The zero-order valence-electron chi connectivity index (χ0n) is 14.0. The summed E-state index contributed by atoms with van der Waals surface area (Å²) in [5.41, 5.74) is 0. The van der Waals surface area contributed by atoms with E-state index >= 15 is 0 Å². The highest BCUT2D eigenvalue weighted by Crippen LogP contribution is 2.18. The second-order valence-corrected chi connectivity index (χ2v) is 8.85. The second kappa shape index (κ2) is 8.14. The summed E-state index contributed by atoms with van der Waals surface area (Å²) in [7, 11) is -3.29. The molecule has 1 aromatic rings. The highest BCUT2D eigenvalue weighted by molar-refractivity contribution is 7.86. The zero-order chi connectivity index (χ0) is 17.0. The molecule has 2 saturated heterocycles. The second-order valence-electron chi connectivity index (χ2n) is 6.48. The third kappa shape index (κ3) is 4.49. The monoisotopic (exact) mass is 375 g/mol. The van der Waals surface area contributed by atoms with Crippen LogP contribution in [0.5, 0.6) is 0 Å². The van der Waals surface area contributed by atoms with Crippen LogP contribution in [0.4, 0.5) is 0 Å². The first-order valence-corrected chi connectivity index (χ1v) is 10.5. The van der Waals surface area contributed by atoms with Crippen LogP contribution in [-0.4, -0.2) is 77.5 Å². The molecule has 2 aliphatic rings. The lowest BCUT2D eigenvalue weighted by Crippen LogP contribution is -2.47. The Balaban J connectivity index is 1.52. The summed E-state index contributed by atoms with van der Waals surface area (Å²) in [4.78, 5) is 2.31. The Morgan fingerprint density at radius 2 is 1.62 bits per heavy atom. The van der Waals surface area contributed by atoms with Crippen molar-refractivity contribution in [3.63, 3.8) is 0 Å². The normalized spacial score (nSPS) is 22.5. The van der Waals surface area contributed by atoms with Gasteiger partial charge >= 0.3 is 0 Å². The van der Waals surface area contributed by atoms with E-state index < -0.39 is 10.2 Å². The molecule has 3 heterocycles. The predicted octanol–water partition coefficient (Wildman–Crippen LogP) is 1.27. The van der Waals surface area contributed by atoms with Gasteiger partial charge in [-0.1, -0.05) is 18.0 Å². The van der Waals surface area contributed by atoms with Crippen molar-refractivity contribution in [3.8, 4) is 0 Å². The van der Waals surface area contributed by atoms with Crippen LogP contribution in [0.25, 0.3) is 0 Å². The Labute approximate surface area is 149 Å². The molecule has 0 aromatic carbocycles. The molecule has 0 unspecified atom stereocenters. The number of nitrogens with zero attached hydrogens (tertiary/aromatic N) is 5. The summed E-state index contributed by atoms with van der Waals surface area (Å²) in [6.07, 6.45) is 7.41. The summed E-state index contributed by atoms with van der Waals surface area (Å²) < 4.78 is 30.7. The lowest BCUT2D eigenvalue weighted by molar-refractivity contribution is 0.265. The van der Waals surface area contributed by atoms with E-state index in [2.05, 4.69) is 10.00 Å². The highest BCUT2D eigenvalue weighted by Gasteiger charge is 2.31. The van der Waals surface area contributed by atoms with Crippen molar-refractivity contribution in [3.05, 3.63) is 17.4 Å². The molecule has 136 valence electrons. The van der Waals surface area contributed by atoms with Crippen LogP contribution in [0.3, 0.4) is 0 Å². The van der Waals surface area contributed by atoms with E-state index in [9.17, 15) is 8.42 Å². The third-order valence-corrected chi connectivity index (χ3v) is 6.99. The van der Waals surface area contributed by atoms with E-state index in [-0.39, 0.29) is 0 Å². The number of piperidine rings is 1. The van der Waals surface area contributed by atoms with E-state index in [0.29, 0.717) is 31.2 Å². The maximum absolute atomic E-state index is 12.8. The molecule has 24 heavy (non-hydrogen) atoms. The number of hydrogen-bond donors (Lipinski definition) is 0. The minimum Gasteiger partial charge on any atom is -0.300 e. The molecule has 2 fully saturated rings. The van der Waals surface area contributed by atoms with Crippen LogP contribution in [0.1, 0.15) is 25.7 Å². The molecule has 9 heteroatoms. The van der Waals surface area contributed by atoms with E-state index in [1.807, 2.05) is 10.9 Å². The van der Waals surface area contributed by atoms with E-state index in [4.69, 9.17) is 11.6 Å². The maximum atomic E-state index is 12.8. The topological polar surface area (TPSA) is 61.7 Å². The zero-order valence-corrected chi connectivity index (χ0v) is 15.6. The van der Waals surface area contributed by atoms with Crippen molar-refractivity contribution in [2.75, 3.05) is 45.8 Å². The fourth-order valence-electron chi connectivity index (χ4n) is 3.36. The van der Waals surface area contributed by atoms with Crippen molar-refractivity contribution < 1.29 is 8.42 Å². The molecule has 3 rings (SSSR count). The number of aromatic nitrogens is 2. The molecule has 0 saturated carbocycles. The van der Waals surface area contributed by atoms with Crippen molar-refractivity contribution in [2.45, 2.75) is 32.2 Å². The minimum atomic E-state index is -3.29. The molecule has 0 amide bonds. The average Bonchev–Trinajstić information content (AvgIpc) is 2.85. The Morgan fingerprint density at radius 3 is 2.33 bits per heavy atom. The SMILES string of the molecule is O=S(=O)(N1CCCCC1)N1CCCN(CCn2cc(Cl)cn2)CC1. The Hall–Kier alpha value is -0.670. The standard InChI is InChI=1S/C15H26ClN5O2S/c16-15-13-17-19(14-15)11-9-18-5-4-8-21(12-10-18)24(22,23)20-6-2-1-3-7-20/h13-14H,1-12H2. The van der Waals surface area contributed by atoms with Gasteiger partial charge in [-0.3, -0.25) is 4.68 Å². The van der Waals surface area contributed by atoms with Gasteiger partial charge in [-0.15, -0.1) is 0 Å². The van der Waals surface area contributed by atoms with Gasteiger partial charge in [0.05, 0.1) is 17.8 Å². The first-order valence-electron chi connectivity index (χ1n) is 8.71. The molecule has 0 bridgehead atoms. The minimum absolute atomic E-state index is 0.568. The predicted molar refractivity (Wildman–Crippen MR) is 94.2 cm³/mol. The molecule has 0 spiro atoms. The summed E-state index contributed by atoms with van der Waals surface area (Å²) in [6, 6.07) is 0. The Kier molecular flexibility index (Phi) is 6.15. The van der Waals surface area contributed by atoms with Crippen LogP contribution >= 0.6 is 11.6 Å². The Morgan fingerprint density at radius 1 is 0.917 bits per heavy atom. The maximum Gasteiger partial charge on any atom is 0.282 e. The largest absolute Gasteiger partial charge is 0.300 e. The average molecular weight is 376 g/mol. The summed E-state index contributed by atoms with van der Waals surface area (Å²) in [6.45, 7) is 5.83. The van der Waals surface area contributed by atoms with E-state index in [1.165, 1.54) is 0 Å². The van der Waals surface area contributed by atoms with Gasteiger partial charge in [0, 0.05) is 45.5 Å². The molecule has 0 atom stereocenters. The lowest BCUT2D eigenvalue weighted by Gasteiger charge is -2.31. The van der Waals surface area contributed by atoms with Crippen LogP contribution in [-0.2, 0) is 16.8 Å². The van der Waals surface area contributed by atoms with Gasteiger partial charge in [-0.05, 0) is 25.8 Å². The third-order valence-electron chi connectivity index (χ3n) is 4.76. The van der Waals surface area contributed by atoms with Gasteiger partial charge in [0.1, 0.15) is 0 Å². The van der Waals surface area contributed by atoms with Gasteiger partial charge in [-0.2, -0.15) is 22.1 Å². The fourth-order valence-corrected chi connectivity index (χ4v) is 5.24. The first kappa shape index (κ1) is 18.1. The van der Waals surface area contributed by atoms with Crippen LogP contribution in [0.15, 0.2) is 12.4 Å². The van der Waals surface area contributed by atoms with Crippen molar-refractivity contribution in [2.24, 2.45) is 0 Å². The van der Waals surface area contributed by atoms with Gasteiger partial charge in [0.25, 0.3) is 10.2 Å². The molecule has 0 radical (unpaired) electrons. The van der Waals surface area contributed by atoms with Gasteiger partial charge in [0.15, 0.2) is 0 Å². The van der Waals surface area contributed by atoms with Gasteiger partial charge in [-0.25, -0.2) is 0 Å². The molecular weight excluding hydrogens is 350 g/mol. The van der Waals surface area contributed by atoms with Gasteiger partial charge in [0.2, 0.25) is 0 Å². The first-order chi connectivity index (χ1) is 11.6. The lowest BCUT2D eigenvalue weighted by atomic mass is 10.2. The van der Waals surface area contributed by atoms with Crippen molar-refractivity contribution in [1.82, 2.24) is 23.3 Å². The summed E-state index contributed by atoms with van der Waals surface area (Å²) >= 11 is 5.88. The summed E-state index contributed by atoms with van der Waals surface area (Å²) in [5.74, 6) is 0. The van der Waals surface area contributed by atoms with E-state index in [0.717, 1.165) is 51.9 Å². The smallest absolute Gasteiger partial charge is 0.282 e. The Bertz CT molecular complexity index is 630. The van der Waals surface area contributed by atoms with E-state index in [1.54, 1.807) is 14.8 Å². The summed E-state index contributed by atoms with van der Waals surface area (Å²) in [5, 5.41) is 4.83. The highest BCUT2D eigenvalue weighted by atomic mass is 35.5. The molecule has 2 aliphatic heterocycles. The molecular formula is C15H26ClN5O2S. The molecule has 0 aliphatic carbocycles. The number of halogens is 1. The fraction of sp³-hybridized carbons (Fsp3) is 0.800. The number of rotatable bonds is 5. The molecule has 7 nitrogen and oxygen atoms in total. The molecule has 0 N–H and O–H groups in total.